The minimum absolute atomic E-state index is 0.0269. The second-order valence-corrected chi connectivity index (χ2v) is 9.51. The van der Waals surface area contributed by atoms with Gasteiger partial charge in [0, 0.05) is 51.0 Å². The molecule has 5 nitrogen and oxygen atoms in total. The minimum Gasteiger partial charge on any atom is -0.371 e. The average molecular weight is 417 g/mol. The molecule has 1 unspecified atom stereocenters. The standard InChI is InChI=1S/C24H37FN4O/c25-21-6-8-23(9-7-21)29-15-10-20(18-29)16-26-24(30)27-22-11-13-28(14-12-22)17-19-4-2-1-3-5-19/h6-9,19-20,22H,1-5,10-18H2,(H2,26,27,30). The maximum absolute atomic E-state index is 13.1. The lowest BCUT2D eigenvalue weighted by Gasteiger charge is -2.35. The van der Waals surface area contributed by atoms with Crippen molar-refractivity contribution in [2.75, 3.05) is 44.2 Å². The Morgan fingerprint density at radius 1 is 0.933 bits per heavy atom. The first-order chi connectivity index (χ1) is 14.7. The van der Waals surface area contributed by atoms with Crippen molar-refractivity contribution in [2.45, 2.75) is 57.4 Å². The van der Waals surface area contributed by atoms with Crippen LogP contribution in [0.15, 0.2) is 24.3 Å². The van der Waals surface area contributed by atoms with Gasteiger partial charge in [-0.3, -0.25) is 0 Å². The van der Waals surface area contributed by atoms with Gasteiger partial charge >= 0.3 is 6.03 Å². The van der Waals surface area contributed by atoms with Crippen LogP contribution in [0.1, 0.15) is 51.4 Å². The van der Waals surface area contributed by atoms with Crippen LogP contribution in [-0.2, 0) is 0 Å². The van der Waals surface area contributed by atoms with E-state index in [0.717, 1.165) is 57.0 Å². The fourth-order valence-corrected chi connectivity index (χ4v) is 5.35. The van der Waals surface area contributed by atoms with Crippen LogP contribution in [-0.4, -0.2) is 56.2 Å². The molecule has 2 amide bonds. The molecule has 3 aliphatic rings. The Morgan fingerprint density at radius 3 is 2.40 bits per heavy atom. The highest BCUT2D eigenvalue weighted by Crippen LogP contribution is 2.26. The Hall–Kier alpha value is -1.82. The molecule has 1 saturated carbocycles. The monoisotopic (exact) mass is 416 g/mol. The number of carbonyl (C=O) groups is 1. The highest BCUT2D eigenvalue weighted by atomic mass is 19.1. The van der Waals surface area contributed by atoms with E-state index in [2.05, 4.69) is 20.4 Å². The maximum Gasteiger partial charge on any atom is 0.315 e. The first kappa shape index (κ1) is 21.4. The van der Waals surface area contributed by atoms with Crippen LogP contribution >= 0.6 is 0 Å². The first-order valence-corrected chi connectivity index (χ1v) is 11.9. The molecule has 3 fully saturated rings. The lowest BCUT2D eigenvalue weighted by atomic mass is 9.88. The fourth-order valence-electron chi connectivity index (χ4n) is 5.35. The number of likely N-dealkylation sites (tertiary alicyclic amines) is 1. The molecule has 2 saturated heterocycles. The van der Waals surface area contributed by atoms with Gasteiger partial charge < -0.3 is 20.4 Å². The van der Waals surface area contributed by atoms with E-state index < -0.39 is 0 Å². The molecule has 2 N–H and O–H groups in total. The van der Waals surface area contributed by atoms with Gasteiger partial charge in [0.25, 0.3) is 0 Å². The Bertz CT molecular complexity index is 668. The number of rotatable bonds is 6. The van der Waals surface area contributed by atoms with E-state index in [9.17, 15) is 9.18 Å². The predicted molar refractivity (Wildman–Crippen MR) is 119 cm³/mol. The van der Waals surface area contributed by atoms with Gasteiger partial charge in [0.1, 0.15) is 5.82 Å². The predicted octanol–water partition coefficient (Wildman–Crippen LogP) is 4.00. The molecule has 2 aliphatic heterocycles. The zero-order valence-corrected chi connectivity index (χ0v) is 18.1. The van der Waals surface area contributed by atoms with Gasteiger partial charge in [-0.05, 0) is 68.2 Å². The van der Waals surface area contributed by atoms with Gasteiger partial charge in [0.15, 0.2) is 0 Å². The molecule has 0 radical (unpaired) electrons. The van der Waals surface area contributed by atoms with E-state index in [1.807, 2.05) is 12.1 Å². The van der Waals surface area contributed by atoms with Gasteiger partial charge in [-0.15, -0.1) is 0 Å². The van der Waals surface area contributed by atoms with E-state index in [0.29, 0.717) is 18.5 Å². The molecule has 0 spiro atoms. The lowest BCUT2D eigenvalue weighted by molar-refractivity contribution is 0.155. The number of benzene rings is 1. The van der Waals surface area contributed by atoms with Crippen molar-refractivity contribution in [3.8, 4) is 0 Å². The molecule has 0 aromatic heterocycles. The number of anilines is 1. The van der Waals surface area contributed by atoms with Crippen LogP contribution in [0.25, 0.3) is 0 Å². The van der Waals surface area contributed by atoms with Gasteiger partial charge in [0.2, 0.25) is 0 Å². The van der Waals surface area contributed by atoms with Crippen molar-refractivity contribution >= 4 is 11.7 Å². The van der Waals surface area contributed by atoms with Crippen molar-refractivity contribution in [3.05, 3.63) is 30.1 Å². The molecule has 4 rings (SSSR count). The lowest BCUT2D eigenvalue weighted by Crippen LogP contribution is -2.49. The quantitative estimate of drug-likeness (QED) is 0.737. The van der Waals surface area contributed by atoms with Crippen LogP contribution < -0.4 is 15.5 Å². The molecule has 1 aromatic rings. The molecule has 166 valence electrons. The third-order valence-corrected chi connectivity index (χ3v) is 7.19. The Labute approximate surface area is 180 Å². The van der Waals surface area contributed by atoms with Crippen LogP contribution in [0.5, 0.6) is 0 Å². The van der Waals surface area contributed by atoms with Gasteiger partial charge in [0.05, 0.1) is 0 Å². The number of carbonyl (C=O) groups excluding carboxylic acids is 1. The molecular weight excluding hydrogens is 379 g/mol. The van der Waals surface area contributed by atoms with Crippen molar-refractivity contribution < 1.29 is 9.18 Å². The maximum atomic E-state index is 13.1. The van der Waals surface area contributed by atoms with Crippen molar-refractivity contribution in [1.29, 1.82) is 0 Å². The molecule has 0 bridgehead atoms. The SMILES string of the molecule is O=C(NCC1CCN(c2ccc(F)cc2)C1)NC1CCN(CC2CCCCC2)CC1. The number of hydrogen-bond donors (Lipinski definition) is 2. The Morgan fingerprint density at radius 2 is 1.67 bits per heavy atom. The molecule has 6 heteroatoms. The summed E-state index contributed by atoms with van der Waals surface area (Å²) in [6.45, 7) is 6.03. The summed E-state index contributed by atoms with van der Waals surface area (Å²) in [5.41, 5.74) is 1.06. The normalized spacial score (nSPS) is 24.2. The summed E-state index contributed by atoms with van der Waals surface area (Å²) >= 11 is 0. The number of nitrogens with zero attached hydrogens (tertiary/aromatic N) is 2. The molecule has 1 atom stereocenters. The summed E-state index contributed by atoms with van der Waals surface area (Å²) in [7, 11) is 0. The van der Waals surface area contributed by atoms with Crippen LogP contribution in [0.4, 0.5) is 14.9 Å². The minimum atomic E-state index is -0.201. The molecule has 1 aromatic carbocycles. The Balaban J connectivity index is 1.11. The summed E-state index contributed by atoms with van der Waals surface area (Å²) in [5, 5.41) is 6.26. The van der Waals surface area contributed by atoms with E-state index in [1.165, 1.54) is 50.8 Å². The molecule has 2 heterocycles. The van der Waals surface area contributed by atoms with Crippen molar-refractivity contribution in [3.63, 3.8) is 0 Å². The molecular formula is C24H37FN4O. The van der Waals surface area contributed by atoms with Crippen LogP contribution in [0.3, 0.4) is 0 Å². The highest BCUT2D eigenvalue weighted by Gasteiger charge is 2.25. The number of urea groups is 1. The highest BCUT2D eigenvalue weighted by molar-refractivity contribution is 5.74. The molecule has 30 heavy (non-hydrogen) atoms. The summed E-state index contributed by atoms with van der Waals surface area (Å²) in [6.07, 6.45) is 10.2. The van der Waals surface area contributed by atoms with Crippen molar-refractivity contribution in [1.82, 2.24) is 15.5 Å². The van der Waals surface area contributed by atoms with E-state index in [1.54, 1.807) is 0 Å². The fraction of sp³-hybridized carbons (Fsp3) is 0.708. The largest absolute Gasteiger partial charge is 0.371 e. The first-order valence-electron chi connectivity index (χ1n) is 11.9. The molecule has 1 aliphatic carbocycles. The van der Waals surface area contributed by atoms with E-state index in [4.69, 9.17) is 0 Å². The summed E-state index contributed by atoms with van der Waals surface area (Å²) in [6, 6.07) is 6.95. The second-order valence-electron chi connectivity index (χ2n) is 9.51. The van der Waals surface area contributed by atoms with Crippen LogP contribution in [0, 0.1) is 17.7 Å². The average Bonchev–Trinajstić information content (AvgIpc) is 3.24. The van der Waals surface area contributed by atoms with Gasteiger partial charge in [-0.2, -0.15) is 0 Å². The second kappa shape index (κ2) is 10.5. The number of hydrogen-bond acceptors (Lipinski definition) is 3. The van der Waals surface area contributed by atoms with Crippen molar-refractivity contribution in [2.24, 2.45) is 11.8 Å². The summed E-state index contributed by atoms with van der Waals surface area (Å²) < 4.78 is 13.1. The summed E-state index contributed by atoms with van der Waals surface area (Å²) in [4.78, 5) is 17.2. The third kappa shape index (κ3) is 6.10. The van der Waals surface area contributed by atoms with E-state index >= 15 is 0 Å². The van der Waals surface area contributed by atoms with E-state index in [-0.39, 0.29) is 11.8 Å². The van der Waals surface area contributed by atoms with Crippen LogP contribution in [0.2, 0.25) is 0 Å². The number of piperidine rings is 1. The number of nitrogens with one attached hydrogen (secondary N) is 2. The smallest absolute Gasteiger partial charge is 0.315 e. The number of halogens is 1. The van der Waals surface area contributed by atoms with Gasteiger partial charge in [-0.25, -0.2) is 9.18 Å². The topological polar surface area (TPSA) is 47.6 Å². The number of amides is 2. The van der Waals surface area contributed by atoms with Gasteiger partial charge in [-0.1, -0.05) is 19.3 Å². The zero-order chi connectivity index (χ0) is 20.8. The third-order valence-electron chi connectivity index (χ3n) is 7.19. The zero-order valence-electron chi connectivity index (χ0n) is 18.1. The summed E-state index contributed by atoms with van der Waals surface area (Å²) in [5.74, 6) is 1.14. The Kier molecular flexibility index (Phi) is 7.47.